The Hall–Kier alpha value is -1.03. The second-order valence-electron chi connectivity index (χ2n) is 3.27. The maximum Gasteiger partial charge on any atom is 0.314 e. The third-order valence-electron chi connectivity index (χ3n) is 2.09. The Labute approximate surface area is 92.0 Å². The summed E-state index contributed by atoms with van der Waals surface area (Å²) in [7, 11) is 1.68. The van der Waals surface area contributed by atoms with Gasteiger partial charge in [0, 0.05) is 18.1 Å². The quantitative estimate of drug-likeness (QED) is 0.867. The van der Waals surface area contributed by atoms with E-state index in [9.17, 15) is 4.79 Å². The lowest BCUT2D eigenvalue weighted by Gasteiger charge is -2.15. The molecule has 1 aromatic carbocycles. The fourth-order valence-electron chi connectivity index (χ4n) is 1.14. The molecule has 1 aromatic rings. The van der Waals surface area contributed by atoms with Crippen LogP contribution in [0.25, 0.3) is 0 Å². The molecule has 0 heterocycles. The van der Waals surface area contributed by atoms with E-state index in [1.807, 2.05) is 25.1 Å². The second-order valence-corrected chi connectivity index (χ2v) is 4.18. The van der Waals surface area contributed by atoms with E-state index in [4.69, 9.17) is 5.73 Å². The Morgan fingerprint density at radius 3 is 2.79 bits per heavy atom. The zero-order valence-corrected chi connectivity index (χ0v) is 9.84. The molecule has 0 aliphatic carbocycles. The van der Waals surface area contributed by atoms with Crippen LogP contribution >= 0.6 is 15.9 Å². The zero-order valence-electron chi connectivity index (χ0n) is 8.25. The Kier molecular flexibility index (Phi) is 3.52. The molecule has 3 nitrogen and oxygen atoms in total. The van der Waals surface area contributed by atoms with Gasteiger partial charge in [-0.25, -0.2) is 4.79 Å². The summed E-state index contributed by atoms with van der Waals surface area (Å²) in [5, 5.41) is 0. The molecular weight excluding hydrogens is 244 g/mol. The molecule has 2 N–H and O–H groups in total. The van der Waals surface area contributed by atoms with E-state index < -0.39 is 6.03 Å². The van der Waals surface area contributed by atoms with E-state index in [-0.39, 0.29) is 0 Å². The van der Waals surface area contributed by atoms with Gasteiger partial charge in [0.1, 0.15) is 0 Å². The second kappa shape index (κ2) is 4.46. The van der Waals surface area contributed by atoms with Crippen molar-refractivity contribution in [2.24, 2.45) is 5.73 Å². The van der Waals surface area contributed by atoms with E-state index in [0.29, 0.717) is 6.54 Å². The minimum absolute atomic E-state index is 0.413. The van der Waals surface area contributed by atoms with Gasteiger partial charge >= 0.3 is 6.03 Å². The lowest BCUT2D eigenvalue weighted by atomic mass is 10.1. The fourth-order valence-corrected chi connectivity index (χ4v) is 1.55. The van der Waals surface area contributed by atoms with Gasteiger partial charge in [-0.15, -0.1) is 0 Å². The maximum absolute atomic E-state index is 10.8. The van der Waals surface area contributed by atoms with Crippen LogP contribution in [0.1, 0.15) is 11.1 Å². The Morgan fingerprint density at radius 1 is 1.57 bits per heavy atom. The van der Waals surface area contributed by atoms with Crippen LogP contribution in [-0.2, 0) is 6.54 Å². The van der Waals surface area contributed by atoms with Gasteiger partial charge in [0.2, 0.25) is 0 Å². The number of carbonyl (C=O) groups is 1. The Balaban J connectivity index is 2.85. The van der Waals surface area contributed by atoms with Crippen molar-refractivity contribution in [1.29, 1.82) is 0 Å². The highest BCUT2D eigenvalue weighted by molar-refractivity contribution is 9.10. The number of rotatable bonds is 2. The molecule has 0 fully saturated rings. The summed E-state index contributed by atoms with van der Waals surface area (Å²) in [6, 6.07) is 5.57. The molecule has 0 unspecified atom stereocenters. The van der Waals surface area contributed by atoms with Gasteiger partial charge in [-0.1, -0.05) is 22.0 Å². The van der Waals surface area contributed by atoms with Crippen molar-refractivity contribution < 1.29 is 4.79 Å². The summed E-state index contributed by atoms with van der Waals surface area (Å²) in [4.78, 5) is 12.3. The highest BCUT2D eigenvalue weighted by atomic mass is 79.9. The molecule has 0 saturated heterocycles. The van der Waals surface area contributed by atoms with Crippen molar-refractivity contribution in [2.45, 2.75) is 13.5 Å². The molecule has 0 radical (unpaired) electrons. The van der Waals surface area contributed by atoms with Crippen LogP contribution in [0.2, 0.25) is 0 Å². The molecule has 0 spiro atoms. The number of benzene rings is 1. The lowest BCUT2D eigenvalue weighted by Crippen LogP contribution is -2.31. The molecule has 0 aliphatic heterocycles. The molecule has 14 heavy (non-hydrogen) atoms. The number of aryl methyl sites for hydroxylation is 1. The summed E-state index contributed by atoms with van der Waals surface area (Å²) in [5.74, 6) is 0. The number of nitrogens with zero attached hydrogens (tertiary/aromatic N) is 1. The van der Waals surface area contributed by atoms with E-state index in [2.05, 4.69) is 15.9 Å². The molecule has 76 valence electrons. The number of hydrogen-bond acceptors (Lipinski definition) is 1. The number of urea groups is 1. The monoisotopic (exact) mass is 256 g/mol. The van der Waals surface area contributed by atoms with Crippen molar-refractivity contribution in [2.75, 3.05) is 7.05 Å². The van der Waals surface area contributed by atoms with Crippen LogP contribution in [0.5, 0.6) is 0 Å². The number of carbonyl (C=O) groups excluding carboxylic acids is 1. The van der Waals surface area contributed by atoms with Gasteiger partial charge in [-0.2, -0.15) is 0 Å². The van der Waals surface area contributed by atoms with E-state index >= 15 is 0 Å². The first-order valence-corrected chi connectivity index (χ1v) is 5.05. The number of amides is 2. The standard InChI is InChI=1S/C10H13BrN2O/c1-7-3-4-9(11)5-8(7)6-13(2)10(12)14/h3-5H,6H2,1-2H3,(H2,12,14). The smallest absolute Gasteiger partial charge is 0.314 e. The third-order valence-corrected chi connectivity index (χ3v) is 2.59. The first-order chi connectivity index (χ1) is 6.50. The number of halogens is 1. The first kappa shape index (κ1) is 11.0. The molecule has 0 aliphatic rings. The van der Waals surface area contributed by atoms with Crippen LogP contribution in [0.3, 0.4) is 0 Å². The summed E-state index contributed by atoms with van der Waals surface area (Å²) in [6.07, 6.45) is 0. The average molecular weight is 257 g/mol. The highest BCUT2D eigenvalue weighted by Crippen LogP contribution is 2.17. The number of nitrogens with two attached hydrogens (primary N) is 1. The summed E-state index contributed by atoms with van der Waals surface area (Å²) in [6.45, 7) is 2.55. The molecule has 0 atom stereocenters. The van der Waals surface area contributed by atoms with Crippen molar-refractivity contribution in [3.8, 4) is 0 Å². The molecule has 0 saturated carbocycles. The van der Waals surface area contributed by atoms with Gasteiger partial charge in [0.15, 0.2) is 0 Å². The topological polar surface area (TPSA) is 46.3 Å². The minimum atomic E-state index is -0.413. The molecule has 0 aromatic heterocycles. The van der Waals surface area contributed by atoms with Crippen LogP contribution in [0.4, 0.5) is 4.79 Å². The zero-order chi connectivity index (χ0) is 10.7. The highest BCUT2D eigenvalue weighted by Gasteiger charge is 2.06. The molecule has 4 heteroatoms. The van der Waals surface area contributed by atoms with Crippen molar-refractivity contribution in [3.05, 3.63) is 33.8 Å². The third kappa shape index (κ3) is 2.73. The SMILES string of the molecule is Cc1ccc(Br)cc1CN(C)C(N)=O. The summed E-state index contributed by atoms with van der Waals surface area (Å²) in [5.41, 5.74) is 7.40. The minimum Gasteiger partial charge on any atom is -0.351 e. The lowest BCUT2D eigenvalue weighted by molar-refractivity contribution is 0.216. The number of primary amides is 1. The molecular formula is C10H13BrN2O. The van der Waals surface area contributed by atoms with Gasteiger partial charge in [-0.05, 0) is 30.2 Å². The summed E-state index contributed by atoms with van der Waals surface area (Å²) < 4.78 is 1.01. The van der Waals surface area contributed by atoms with Gasteiger partial charge in [0.25, 0.3) is 0 Å². The van der Waals surface area contributed by atoms with E-state index in [0.717, 1.165) is 15.6 Å². The fraction of sp³-hybridized carbons (Fsp3) is 0.300. The van der Waals surface area contributed by atoms with Crippen LogP contribution in [0, 0.1) is 6.92 Å². The van der Waals surface area contributed by atoms with Gasteiger partial charge in [-0.3, -0.25) is 0 Å². The normalized spacial score (nSPS) is 9.93. The molecule has 2 amide bonds. The Morgan fingerprint density at radius 2 is 2.21 bits per heavy atom. The van der Waals surface area contributed by atoms with Crippen molar-refractivity contribution in [1.82, 2.24) is 4.90 Å². The summed E-state index contributed by atoms with van der Waals surface area (Å²) >= 11 is 3.39. The molecule has 0 bridgehead atoms. The predicted octanol–water partition coefficient (Wildman–Crippen LogP) is 2.27. The van der Waals surface area contributed by atoms with Crippen LogP contribution in [0.15, 0.2) is 22.7 Å². The maximum atomic E-state index is 10.8. The van der Waals surface area contributed by atoms with Gasteiger partial charge < -0.3 is 10.6 Å². The van der Waals surface area contributed by atoms with E-state index in [1.54, 1.807) is 7.05 Å². The van der Waals surface area contributed by atoms with Crippen molar-refractivity contribution >= 4 is 22.0 Å². The van der Waals surface area contributed by atoms with Crippen molar-refractivity contribution in [3.63, 3.8) is 0 Å². The largest absolute Gasteiger partial charge is 0.351 e. The predicted molar refractivity (Wildman–Crippen MR) is 59.9 cm³/mol. The van der Waals surface area contributed by atoms with Gasteiger partial charge in [0.05, 0.1) is 0 Å². The average Bonchev–Trinajstić information content (AvgIpc) is 2.11. The van der Waals surface area contributed by atoms with Crippen LogP contribution < -0.4 is 5.73 Å². The first-order valence-electron chi connectivity index (χ1n) is 4.26. The van der Waals surface area contributed by atoms with E-state index in [1.165, 1.54) is 4.90 Å². The van der Waals surface area contributed by atoms with Crippen LogP contribution in [-0.4, -0.2) is 18.0 Å². The molecule has 1 rings (SSSR count). The number of hydrogen-bond donors (Lipinski definition) is 1. The Bertz CT molecular complexity index is 352.